The number of hydrogen-bond donors (Lipinski definition) is 2. The fraction of sp³-hybridized carbons (Fsp3) is 0.619. The number of ether oxygens (including phenoxy) is 3. The minimum atomic E-state index is -0.541. The highest BCUT2D eigenvalue weighted by Crippen LogP contribution is 2.32. The van der Waals surface area contributed by atoms with E-state index in [0.29, 0.717) is 45.6 Å². The second-order valence-corrected chi connectivity index (χ2v) is 8.06. The highest BCUT2D eigenvalue weighted by Gasteiger charge is 2.29. The van der Waals surface area contributed by atoms with Gasteiger partial charge in [0.05, 0.1) is 26.4 Å². The van der Waals surface area contributed by atoms with E-state index in [-0.39, 0.29) is 36.7 Å². The van der Waals surface area contributed by atoms with E-state index in [0.717, 1.165) is 18.5 Å². The first-order valence-electron chi connectivity index (χ1n) is 10.4. The first-order chi connectivity index (χ1) is 14.7. The summed E-state index contributed by atoms with van der Waals surface area (Å²) < 4.78 is 16.8. The minimum Gasteiger partial charge on any atom is -0.459 e. The van der Waals surface area contributed by atoms with Gasteiger partial charge >= 0.3 is 0 Å². The summed E-state index contributed by atoms with van der Waals surface area (Å²) in [5.41, 5.74) is 1.13. The molecular formula is C21H30N2O6S. The van der Waals surface area contributed by atoms with E-state index >= 15 is 0 Å². The van der Waals surface area contributed by atoms with Gasteiger partial charge in [-0.15, -0.1) is 0 Å². The Bertz CT molecular complexity index is 708. The van der Waals surface area contributed by atoms with Crippen LogP contribution in [0.1, 0.15) is 37.2 Å². The summed E-state index contributed by atoms with van der Waals surface area (Å²) in [6, 6.07) is 2.04. The van der Waals surface area contributed by atoms with Crippen molar-refractivity contribution in [1.29, 1.82) is 0 Å². The number of nitrogens with one attached hydrogen (secondary N) is 1. The summed E-state index contributed by atoms with van der Waals surface area (Å²) >= 11 is 1.61. The summed E-state index contributed by atoms with van der Waals surface area (Å²) in [6.45, 7) is 2.86. The van der Waals surface area contributed by atoms with Crippen LogP contribution in [0.2, 0.25) is 0 Å². The van der Waals surface area contributed by atoms with E-state index in [1.807, 2.05) is 22.4 Å². The Balaban J connectivity index is 1.49. The molecule has 0 spiro atoms. The number of aliphatic hydroxyl groups is 1. The molecule has 2 N–H and O–H groups in total. The molecule has 30 heavy (non-hydrogen) atoms. The number of likely N-dealkylation sites (tertiary alicyclic amines) is 1. The smallest absolute Gasteiger partial charge is 0.286 e. The Morgan fingerprint density at radius 2 is 2.27 bits per heavy atom. The fourth-order valence-electron chi connectivity index (χ4n) is 3.54. The van der Waals surface area contributed by atoms with Crippen molar-refractivity contribution in [3.8, 4) is 0 Å². The maximum atomic E-state index is 12.6. The summed E-state index contributed by atoms with van der Waals surface area (Å²) in [6.07, 6.45) is 4.18. The lowest BCUT2D eigenvalue weighted by molar-refractivity contribution is -0.151. The molecule has 0 aromatic carbocycles. The average molecular weight is 439 g/mol. The van der Waals surface area contributed by atoms with Gasteiger partial charge in [-0.1, -0.05) is 0 Å². The predicted octanol–water partition coefficient (Wildman–Crippen LogP) is 1.62. The number of nitrogens with zero attached hydrogens (tertiary/aromatic N) is 1. The number of rotatable bonds is 12. The zero-order valence-electron chi connectivity index (χ0n) is 17.1. The first-order valence-corrected chi connectivity index (χ1v) is 11.4. The number of amides is 2. The monoisotopic (exact) mass is 438 g/mol. The Morgan fingerprint density at radius 1 is 1.37 bits per heavy atom. The molecule has 166 valence electrons. The Hall–Kier alpha value is -1.94. The van der Waals surface area contributed by atoms with E-state index in [9.17, 15) is 9.59 Å². The molecule has 8 nitrogen and oxygen atoms in total. The topological polar surface area (TPSA) is 97.3 Å². The second-order valence-electron chi connectivity index (χ2n) is 7.28. The molecule has 3 heterocycles. The van der Waals surface area contributed by atoms with Gasteiger partial charge in [0.25, 0.3) is 5.91 Å². The van der Waals surface area contributed by atoms with Crippen LogP contribution in [0.15, 0.2) is 28.7 Å². The summed E-state index contributed by atoms with van der Waals surface area (Å²) in [7, 11) is 0. The number of carbonyl (C=O) groups is 2. The van der Waals surface area contributed by atoms with Crippen LogP contribution in [0.5, 0.6) is 0 Å². The normalized spacial score (nSPS) is 21.4. The molecule has 0 unspecified atom stereocenters. The van der Waals surface area contributed by atoms with Gasteiger partial charge in [0.2, 0.25) is 12.2 Å². The van der Waals surface area contributed by atoms with Gasteiger partial charge in [-0.25, -0.2) is 0 Å². The number of thiophene rings is 1. The molecule has 2 aliphatic heterocycles. The molecule has 0 bridgehead atoms. The van der Waals surface area contributed by atoms with Crippen LogP contribution < -0.4 is 5.32 Å². The summed E-state index contributed by atoms with van der Waals surface area (Å²) in [5.74, 6) is 0.223. The first kappa shape index (κ1) is 22.7. The Kier molecular flexibility index (Phi) is 9.13. The van der Waals surface area contributed by atoms with Crippen molar-refractivity contribution < 1.29 is 28.9 Å². The number of aliphatic hydroxyl groups excluding tert-OH is 1. The van der Waals surface area contributed by atoms with Crippen LogP contribution in [0.25, 0.3) is 0 Å². The fourth-order valence-corrected chi connectivity index (χ4v) is 4.27. The minimum absolute atomic E-state index is 0.0286. The van der Waals surface area contributed by atoms with E-state index < -0.39 is 6.29 Å². The zero-order chi connectivity index (χ0) is 21.2. The SMILES string of the molecule is O=C(NCCCN1CCCC1=O)C1=C[C@@H](c2ccsc2)C[C@@H](OCCOCCO)O1. The lowest BCUT2D eigenvalue weighted by Crippen LogP contribution is -2.35. The highest BCUT2D eigenvalue weighted by atomic mass is 32.1. The molecule has 1 aromatic rings. The maximum absolute atomic E-state index is 12.6. The van der Waals surface area contributed by atoms with Crippen LogP contribution in [0, 0.1) is 0 Å². The summed E-state index contributed by atoms with van der Waals surface area (Å²) in [4.78, 5) is 26.1. The molecule has 1 saturated heterocycles. The standard InChI is InChI=1S/C21H30N2O6S/c24-8-9-27-10-11-28-20-14-17(16-4-12-30-15-16)13-18(29-20)21(26)22-5-2-7-23-6-1-3-19(23)25/h4,12-13,15,17,20,24H,1-3,5-11,14H2,(H,22,26)/t17-,20+/m1/s1. The summed E-state index contributed by atoms with van der Waals surface area (Å²) in [5, 5.41) is 15.7. The van der Waals surface area contributed by atoms with E-state index in [1.54, 1.807) is 11.3 Å². The van der Waals surface area contributed by atoms with Crippen LogP contribution in [0.3, 0.4) is 0 Å². The number of hydrogen-bond acceptors (Lipinski definition) is 7. The second kappa shape index (κ2) is 12.0. The molecule has 1 aromatic heterocycles. The largest absolute Gasteiger partial charge is 0.459 e. The van der Waals surface area contributed by atoms with Crippen LogP contribution >= 0.6 is 11.3 Å². The van der Waals surface area contributed by atoms with Crippen molar-refractivity contribution in [1.82, 2.24) is 10.2 Å². The third-order valence-corrected chi connectivity index (χ3v) is 5.78. The molecule has 1 fully saturated rings. The van der Waals surface area contributed by atoms with Crippen molar-refractivity contribution in [2.45, 2.75) is 37.9 Å². The third kappa shape index (κ3) is 6.80. The van der Waals surface area contributed by atoms with Crippen molar-refractivity contribution in [2.24, 2.45) is 0 Å². The van der Waals surface area contributed by atoms with Crippen LogP contribution in [-0.4, -0.2) is 74.2 Å². The lowest BCUT2D eigenvalue weighted by atomic mass is 9.95. The van der Waals surface area contributed by atoms with Crippen molar-refractivity contribution in [3.05, 3.63) is 34.2 Å². The van der Waals surface area contributed by atoms with E-state index in [2.05, 4.69) is 10.7 Å². The van der Waals surface area contributed by atoms with Gasteiger partial charge in [-0.05, 0) is 41.3 Å². The Morgan fingerprint density at radius 3 is 3.00 bits per heavy atom. The van der Waals surface area contributed by atoms with E-state index in [4.69, 9.17) is 19.3 Å². The molecule has 0 aliphatic carbocycles. The number of allylic oxidation sites excluding steroid dienone is 1. The van der Waals surface area contributed by atoms with Crippen LogP contribution in [-0.2, 0) is 23.8 Å². The molecular weight excluding hydrogens is 408 g/mol. The quantitative estimate of drug-likeness (QED) is 0.482. The van der Waals surface area contributed by atoms with Crippen molar-refractivity contribution >= 4 is 23.2 Å². The van der Waals surface area contributed by atoms with Gasteiger partial charge in [0, 0.05) is 38.4 Å². The zero-order valence-corrected chi connectivity index (χ0v) is 17.9. The molecule has 2 atom stereocenters. The molecule has 2 aliphatic rings. The molecule has 9 heteroatoms. The van der Waals surface area contributed by atoms with Crippen molar-refractivity contribution in [2.75, 3.05) is 46.1 Å². The lowest BCUT2D eigenvalue weighted by Gasteiger charge is -2.29. The number of carbonyl (C=O) groups excluding carboxylic acids is 2. The maximum Gasteiger partial charge on any atom is 0.286 e. The van der Waals surface area contributed by atoms with Gasteiger partial charge in [0.1, 0.15) is 0 Å². The predicted molar refractivity (Wildman–Crippen MR) is 112 cm³/mol. The van der Waals surface area contributed by atoms with Gasteiger partial charge in [-0.3, -0.25) is 9.59 Å². The van der Waals surface area contributed by atoms with Gasteiger partial charge in [-0.2, -0.15) is 11.3 Å². The average Bonchev–Trinajstić information content (AvgIpc) is 3.43. The van der Waals surface area contributed by atoms with Gasteiger partial charge in [0.15, 0.2) is 5.76 Å². The van der Waals surface area contributed by atoms with Crippen LogP contribution in [0.4, 0.5) is 0 Å². The van der Waals surface area contributed by atoms with E-state index in [1.165, 1.54) is 0 Å². The van der Waals surface area contributed by atoms with Gasteiger partial charge < -0.3 is 29.5 Å². The molecule has 3 rings (SSSR count). The molecule has 0 saturated carbocycles. The Labute approximate surface area is 180 Å². The van der Waals surface area contributed by atoms with Crippen molar-refractivity contribution in [3.63, 3.8) is 0 Å². The molecule has 2 amide bonds. The highest BCUT2D eigenvalue weighted by molar-refractivity contribution is 7.08. The third-order valence-electron chi connectivity index (χ3n) is 5.08. The molecule has 0 radical (unpaired) electrons.